The molecule has 0 aromatic heterocycles. The molecule has 5 atom stereocenters. The highest BCUT2D eigenvalue weighted by Gasteiger charge is 2.55. The van der Waals surface area contributed by atoms with Gasteiger partial charge in [-0.2, -0.15) is 13.2 Å². The lowest BCUT2D eigenvalue weighted by atomic mass is 9.91. The lowest BCUT2D eigenvalue weighted by molar-refractivity contribution is -0.182. The Morgan fingerprint density at radius 3 is 2.43 bits per heavy atom. The quantitative estimate of drug-likeness (QED) is 0.176. The SMILES string of the molecule is CC(C)(C)OC(=O)CC[C@@H](CO)NC(=O)[C@H]1CCCN1C(=O)C1=C[C@H]2OC3(Cc4ccccc4C3)O[C@H]2[C@H](OC(=O)c2cccc(C=CC(=O)OCC(F)(F)F)c2)C1. The molecule has 2 heterocycles. The van der Waals surface area contributed by atoms with E-state index in [4.69, 9.17) is 18.9 Å². The van der Waals surface area contributed by atoms with E-state index in [1.807, 2.05) is 24.3 Å². The van der Waals surface area contributed by atoms with Crippen LogP contribution in [0.4, 0.5) is 13.2 Å². The average Bonchev–Trinajstić information content (AvgIpc) is 3.89. The number of likely N-dealkylation sites (tertiary alicyclic amines) is 1. The molecule has 2 aromatic rings. The van der Waals surface area contributed by atoms with Gasteiger partial charge in [0.25, 0.3) is 0 Å². The second kappa shape index (κ2) is 17.4. The molecule has 1 spiro atoms. The van der Waals surface area contributed by atoms with Crippen molar-refractivity contribution in [3.8, 4) is 0 Å². The molecule has 16 heteroatoms. The number of hydrogen-bond donors (Lipinski definition) is 2. The van der Waals surface area contributed by atoms with Gasteiger partial charge in [0.2, 0.25) is 11.8 Å². The molecule has 2 fully saturated rings. The third kappa shape index (κ3) is 10.7. The highest BCUT2D eigenvalue weighted by molar-refractivity contribution is 5.98. The van der Waals surface area contributed by atoms with Crippen LogP contribution >= 0.6 is 0 Å². The van der Waals surface area contributed by atoms with Crippen LogP contribution in [0.3, 0.4) is 0 Å². The van der Waals surface area contributed by atoms with Crippen LogP contribution < -0.4 is 5.32 Å². The molecule has 4 aliphatic rings. The smallest absolute Gasteiger partial charge is 0.422 e. The number of aliphatic hydroxyl groups is 1. The van der Waals surface area contributed by atoms with E-state index in [2.05, 4.69) is 10.1 Å². The van der Waals surface area contributed by atoms with E-state index in [1.165, 1.54) is 35.2 Å². The molecule has 0 bridgehead atoms. The summed E-state index contributed by atoms with van der Waals surface area (Å²) in [7, 11) is 0. The minimum Gasteiger partial charge on any atom is -0.460 e. The van der Waals surface area contributed by atoms with E-state index in [-0.39, 0.29) is 36.9 Å². The lowest BCUT2D eigenvalue weighted by Gasteiger charge is -2.33. The first-order chi connectivity index (χ1) is 27.4. The number of ether oxygens (including phenoxy) is 5. The summed E-state index contributed by atoms with van der Waals surface area (Å²) >= 11 is 0. The average molecular weight is 813 g/mol. The standard InChI is InChI=1S/C42H47F3N2O11/c1-40(2,3)57-35(50)16-14-30(23-48)46-37(51)31-12-7-17-47(31)38(52)29-19-32(36-33(20-29)56-41(58-36)21-27-9-4-5-10-28(27)22-41)55-39(53)26-11-6-8-25(18-26)13-15-34(49)54-24-42(43,44)45/h4-6,8-11,13,15,18,20,30-33,36,48H,7,12,14,16-17,19,21-24H2,1-3H3,(H,46,51)/t30-,31+,32+,33+,36-/m0/s1. The topological polar surface area (TPSA) is 167 Å². The van der Waals surface area contributed by atoms with Gasteiger partial charge in [-0.1, -0.05) is 36.4 Å². The fourth-order valence-corrected chi connectivity index (χ4v) is 7.65. The maximum absolute atomic E-state index is 14.3. The molecule has 312 valence electrons. The Hall–Kier alpha value is -5.06. The van der Waals surface area contributed by atoms with Crippen molar-refractivity contribution in [1.29, 1.82) is 0 Å². The first kappa shape index (κ1) is 42.5. The minimum atomic E-state index is -4.68. The maximum Gasteiger partial charge on any atom is 0.422 e. The number of rotatable bonds is 12. The van der Waals surface area contributed by atoms with E-state index in [0.29, 0.717) is 31.2 Å². The van der Waals surface area contributed by atoms with Crippen LogP contribution in [0.5, 0.6) is 0 Å². The summed E-state index contributed by atoms with van der Waals surface area (Å²) in [6.45, 7) is 3.34. The fraction of sp³-hybridized carbons (Fsp3) is 0.500. The Labute approximate surface area is 333 Å². The van der Waals surface area contributed by atoms with Crippen molar-refractivity contribution in [1.82, 2.24) is 10.2 Å². The molecule has 2 aliphatic carbocycles. The van der Waals surface area contributed by atoms with Gasteiger partial charge in [0.05, 0.1) is 18.2 Å². The number of nitrogens with zero attached hydrogens (tertiary/aromatic N) is 1. The predicted octanol–water partition coefficient (Wildman–Crippen LogP) is 4.53. The van der Waals surface area contributed by atoms with Crippen LogP contribution in [0.2, 0.25) is 0 Å². The summed E-state index contributed by atoms with van der Waals surface area (Å²) in [5.74, 6) is -4.46. The van der Waals surface area contributed by atoms with E-state index in [0.717, 1.165) is 17.2 Å². The van der Waals surface area contributed by atoms with Gasteiger partial charge in [0, 0.05) is 43.9 Å². The number of esters is 3. The molecule has 2 saturated heterocycles. The minimum absolute atomic E-state index is 0.0265. The molecule has 2 amide bonds. The van der Waals surface area contributed by atoms with E-state index in [9.17, 15) is 42.3 Å². The predicted molar refractivity (Wildman–Crippen MR) is 200 cm³/mol. The van der Waals surface area contributed by atoms with Crippen LogP contribution in [0, 0.1) is 0 Å². The zero-order valence-corrected chi connectivity index (χ0v) is 32.4. The molecule has 13 nitrogen and oxygen atoms in total. The van der Waals surface area contributed by atoms with Crippen molar-refractivity contribution >= 4 is 35.8 Å². The normalized spacial score (nSPS) is 22.9. The van der Waals surface area contributed by atoms with Crippen LogP contribution in [0.25, 0.3) is 6.08 Å². The monoisotopic (exact) mass is 812 g/mol. The Kier molecular flexibility index (Phi) is 12.8. The number of nitrogens with one attached hydrogen (secondary N) is 1. The van der Waals surface area contributed by atoms with Gasteiger partial charge in [-0.05, 0) is 81.0 Å². The number of carbonyl (C=O) groups is 5. The lowest BCUT2D eigenvalue weighted by Crippen LogP contribution is -2.51. The molecule has 2 N–H and O–H groups in total. The van der Waals surface area contributed by atoms with Gasteiger partial charge in [-0.3, -0.25) is 14.4 Å². The van der Waals surface area contributed by atoms with Crippen molar-refractivity contribution < 1.29 is 65.9 Å². The fourth-order valence-electron chi connectivity index (χ4n) is 7.65. The molecule has 2 aliphatic heterocycles. The van der Waals surface area contributed by atoms with Gasteiger partial charge >= 0.3 is 24.1 Å². The Morgan fingerprint density at radius 1 is 1.03 bits per heavy atom. The van der Waals surface area contributed by atoms with Crippen LogP contribution in [0.15, 0.2) is 66.3 Å². The summed E-state index contributed by atoms with van der Waals surface area (Å²) in [5, 5.41) is 12.8. The third-order valence-corrected chi connectivity index (χ3v) is 10.2. The number of benzene rings is 2. The summed E-state index contributed by atoms with van der Waals surface area (Å²) in [4.78, 5) is 67.1. The Morgan fingerprint density at radius 2 is 1.76 bits per heavy atom. The first-order valence-electron chi connectivity index (χ1n) is 19.2. The number of halogens is 3. The highest BCUT2D eigenvalue weighted by Crippen LogP contribution is 2.45. The molecule has 0 saturated carbocycles. The molecule has 58 heavy (non-hydrogen) atoms. The van der Waals surface area contributed by atoms with Crippen LogP contribution in [-0.4, -0.2) is 107 Å². The summed E-state index contributed by atoms with van der Waals surface area (Å²) in [5.41, 5.74) is 2.03. The Balaban J connectivity index is 1.17. The van der Waals surface area contributed by atoms with Crippen molar-refractivity contribution in [3.05, 3.63) is 88.5 Å². The van der Waals surface area contributed by atoms with Gasteiger partial charge in [0.15, 0.2) is 12.4 Å². The number of hydrogen-bond acceptors (Lipinski definition) is 11. The van der Waals surface area contributed by atoms with Crippen LogP contribution in [-0.2, 0) is 55.7 Å². The summed E-state index contributed by atoms with van der Waals surface area (Å²) in [6, 6.07) is 12.1. The second-order valence-corrected chi connectivity index (χ2v) is 15.9. The van der Waals surface area contributed by atoms with E-state index in [1.54, 1.807) is 26.8 Å². The van der Waals surface area contributed by atoms with Crippen molar-refractivity contribution in [2.45, 2.75) is 114 Å². The molecule has 0 unspecified atom stereocenters. The first-order valence-corrected chi connectivity index (χ1v) is 19.2. The zero-order valence-electron chi connectivity index (χ0n) is 32.4. The zero-order chi connectivity index (χ0) is 41.8. The summed E-state index contributed by atoms with van der Waals surface area (Å²) < 4.78 is 66.1. The second-order valence-electron chi connectivity index (χ2n) is 15.9. The van der Waals surface area contributed by atoms with Crippen LogP contribution in [0.1, 0.15) is 79.9 Å². The van der Waals surface area contributed by atoms with Crippen molar-refractivity contribution in [3.63, 3.8) is 0 Å². The van der Waals surface area contributed by atoms with E-state index >= 15 is 0 Å². The highest BCUT2D eigenvalue weighted by atomic mass is 19.4. The van der Waals surface area contributed by atoms with Crippen molar-refractivity contribution in [2.24, 2.45) is 0 Å². The largest absolute Gasteiger partial charge is 0.460 e. The maximum atomic E-state index is 14.3. The summed E-state index contributed by atoms with van der Waals surface area (Å²) in [6.07, 6.45) is -1.79. The number of amides is 2. The number of aliphatic hydroxyl groups excluding tert-OH is 1. The van der Waals surface area contributed by atoms with Gasteiger partial charge < -0.3 is 39.0 Å². The number of fused-ring (bicyclic) bond motifs is 2. The number of alkyl halides is 3. The number of carbonyl (C=O) groups excluding carboxylic acids is 5. The molecule has 6 rings (SSSR count). The molecule has 0 radical (unpaired) electrons. The van der Waals surface area contributed by atoms with Gasteiger partial charge in [-0.15, -0.1) is 0 Å². The molecular weight excluding hydrogens is 765 g/mol. The van der Waals surface area contributed by atoms with Crippen molar-refractivity contribution in [2.75, 3.05) is 19.8 Å². The van der Waals surface area contributed by atoms with Gasteiger partial charge in [-0.25, -0.2) is 9.59 Å². The Bertz CT molecular complexity index is 1930. The third-order valence-electron chi connectivity index (χ3n) is 10.2. The van der Waals surface area contributed by atoms with Gasteiger partial charge in [0.1, 0.15) is 30.0 Å². The molecule has 2 aromatic carbocycles. The molecular formula is C42H47F3N2O11. The van der Waals surface area contributed by atoms with E-state index < -0.39 is 90.9 Å².